The lowest BCUT2D eigenvalue weighted by Gasteiger charge is -2.28. The van der Waals surface area contributed by atoms with E-state index in [4.69, 9.17) is 16.3 Å². The van der Waals surface area contributed by atoms with Crippen LogP contribution in [-0.2, 0) is 11.3 Å². The number of rotatable bonds is 4. The van der Waals surface area contributed by atoms with E-state index in [1.807, 2.05) is 38.1 Å². The van der Waals surface area contributed by atoms with Gasteiger partial charge in [0.2, 0.25) is 6.35 Å². The Bertz CT molecular complexity index is 612. The van der Waals surface area contributed by atoms with Crippen molar-refractivity contribution < 1.29 is 4.74 Å². The minimum absolute atomic E-state index is 0.141. The van der Waals surface area contributed by atoms with E-state index in [1.165, 1.54) is 5.56 Å². The first kappa shape index (κ1) is 14.2. The molecule has 3 rings (SSSR count). The number of nitrogens with zero attached hydrogens (tertiary/aromatic N) is 1. The van der Waals surface area contributed by atoms with Crippen molar-refractivity contribution in [2.75, 3.05) is 10.2 Å². The summed E-state index contributed by atoms with van der Waals surface area (Å²) in [6.45, 7) is 4.87. The number of para-hydroxylation sites is 2. The third-order valence-corrected chi connectivity index (χ3v) is 3.69. The van der Waals surface area contributed by atoms with Crippen molar-refractivity contribution in [2.45, 2.75) is 32.8 Å². The summed E-state index contributed by atoms with van der Waals surface area (Å²) >= 11 is 5.96. The van der Waals surface area contributed by atoms with E-state index in [9.17, 15) is 0 Å². The monoisotopic (exact) mass is 302 g/mol. The normalized spacial score (nSPS) is 17.0. The van der Waals surface area contributed by atoms with Gasteiger partial charge in [-0.15, -0.1) is 0 Å². The first-order valence-corrected chi connectivity index (χ1v) is 7.53. The third-order valence-electron chi connectivity index (χ3n) is 3.44. The van der Waals surface area contributed by atoms with Crippen LogP contribution in [0.15, 0.2) is 48.5 Å². The average Bonchev–Trinajstić information content (AvgIpc) is 2.78. The molecule has 0 radical (unpaired) electrons. The first-order chi connectivity index (χ1) is 10.1. The van der Waals surface area contributed by atoms with Crippen molar-refractivity contribution >= 4 is 23.0 Å². The molecule has 21 heavy (non-hydrogen) atoms. The summed E-state index contributed by atoms with van der Waals surface area (Å²) < 4.78 is 5.99. The van der Waals surface area contributed by atoms with Gasteiger partial charge in [-0.05, 0) is 43.7 Å². The minimum Gasteiger partial charge on any atom is -0.341 e. The van der Waals surface area contributed by atoms with E-state index in [-0.39, 0.29) is 12.5 Å². The zero-order chi connectivity index (χ0) is 14.8. The fourth-order valence-electron chi connectivity index (χ4n) is 2.50. The summed E-state index contributed by atoms with van der Waals surface area (Å²) in [7, 11) is 0. The molecule has 1 atom stereocenters. The molecule has 1 unspecified atom stereocenters. The second kappa shape index (κ2) is 5.96. The lowest BCUT2D eigenvalue weighted by atomic mass is 10.2. The molecule has 0 spiro atoms. The number of anilines is 2. The van der Waals surface area contributed by atoms with Crippen LogP contribution in [0, 0.1) is 0 Å². The van der Waals surface area contributed by atoms with Gasteiger partial charge in [-0.1, -0.05) is 35.9 Å². The Balaban J connectivity index is 1.86. The molecule has 4 heteroatoms. The molecular formula is C17H19ClN2O. The molecule has 1 heterocycles. The first-order valence-electron chi connectivity index (χ1n) is 7.15. The van der Waals surface area contributed by atoms with E-state index >= 15 is 0 Å². The van der Waals surface area contributed by atoms with Gasteiger partial charge < -0.3 is 15.0 Å². The van der Waals surface area contributed by atoms with Crippen molar-refractivity contribution in [1.29, 1.82) is 0 Å². The van der Waals surface area contributed by atoms with Crippen LogP contribution in [0.2, 0.25) is 5.02 Å². The molecule has 0 fully saturated rings. The molecule has 1 N–H and O–H groups in total. The lowest BCUT2D eigenvalue weighted by Crippen LogP contribution is -2.39. The highest BCUT2D eigenvalue weighted by atomic mass is 35.5. The summed E-state index contributed by atoms with van der Waals surface area (Å²) in [5.41, 5.74) is 3.48. The van der Waals surface area contributed by atoms with Crippen LogP contribution in [0.5, 0.6) is 0 Å². The predicted molar refractivity (Wildman–Crippen MR) is 87.7 cm³/mol. The number of ether oxygens (including phenoxy) is 1. The Kier molecular flexibility index (Phi) is 4.04. The fourth-order valence-corrected chi connectivity index (χ4v) is 2.63. The van der Waals surface area contributed by atoms with Gasteiger partial charge in [0.25, 0.3) is 0 Å². The fraction of sp³-hybridized carbons (Fsp3) is 0.294. The van der Waals surface area contributed by atoms with Gasteiger partial charge in [-0.3, -0.25) is 0 Å². The largest absolute Gasteiger partial charge is 0.341 e. The van der Waals surface area contributed by atoms with Crippen molar-refractivity contribution in [3.63, 3.8) is 0 Å². The molecule has 0 saturated heterocycles. The summed E-state index contributed by atoms with van der Waals surface area (Å²) in [5, 5.41) is 4.18. The topological polar surface area (TPSA) is 24.5 Å². The minimum atomic E-state index is -0.141. The average molecular weight is 303 g/mol. The van der Waals surface area contributed by atoms with Crippen molar-refractivity contribution in [3.8, 4) is 0 Å². The Hall–Kier alpha value is -1.71. The summed E-state index contributed by atoms with van der Waals surface area (Å²) in [6.07, 6.45) is 0.0163. The van der Waals surface area contributed by atoms with E-state index in [0.29, 0.717) is 0 Å². The Morgan fingerprint density at radius 2 is 1.86 bits per heavy atom. The van der Waals surface area contributed by atoms with Crippen molar-refractivity contribution in [2.24, 2.45) is 0 Å². The van der Waals surface area contributed by atoms with Gasteiger partial charge in [-0.25, -0.2) is 0 Å². The molecule has 0 aromatic heterocycles. The third kappa shape index (κ3) is 3.14. The molecule has 2 aromatic rings. The van der Waals surface area contributed by atoms with Crippen LogP contribution in [0.3, 0.4) is 0 Å². The van der Waals surface area contributed by atoms with Gasteiger partial charge in [0.1, 0.15) is 0 Å². The standard InChI is InChI=1S/C17H19ClN2O/c1-12(2)21-17-19-15-5-3-4-6-16(15)20(17)11-13-7-9-14(18)10-8-13/h3-10,12,17,19H,11H2,1-2H3. The van der Waals surface area contributed by atoms with E-state index < -0.39 is 0 Å². The molecule has 110 valence electrons. The lowest BCUT2D eigenvalue weighted by molar-refractivity contribution is 0.0251. The quantitative estimate of drug-likeness (QED) is 0.901. The SMILES string of the molecule is CC(C)OC1Nc2ccccc2N1Cc1ccc(Cl)cc1. The van der Waals surface area contributed by atoms with Gasteiger partial charge in [-0.2, -0.15) is 0 Å². The molecule has 0 aliphatic carbocycles. The number of benzene rings is 2. The van der Waals surface area contributed by atoms with Gasteiger partial charge in [0, 0.05) is 11.6 Å². The Morgan fingerprint density at radius 3 is 2.57 bits per heavy atom. The highest BCUT2D eigenvalue weighted by molar-refractivity contribution is 6.30. The summed E-state index contributed by atoms with van der Waals surface area (Å²) in [5.74, 6) is 0. The second-order valence-electron chi connectivity index (χ2n) is 5.45. The number of hydrogen-bond donors (Lipinski definition) is 1. The van der Waals surface area contributed by atoms with Crippen molar-refractivity contribution in [3.05, 3.63) is 59.1 Å². The predicted octanol–water partition coefficient (Wildman–Crippen LogP) is 4.48. The Labute approximate surface area is 130 Å². The molecule has 1 aliphatic rings. The highest BCUT2D eigenvalue weighted by Crippen LogP contribution is 2.36. The smallest absolute Gasteiger partial charge is 0.208 e. The van der Waals surface area contributed by atoms with Crippen LogP contribution in [-0.4, -0.2) is 12.5 Å². The van der Waals surface area contributed by atoms with Crippen LogP contribution >= 0.6 is 11.6 Å². The molecule has 0 bridgehead atoms. The molecule has 0 saturated carbocycles. The molecule has 3 nitrogen and oxygen atoms in total. The molecular weight excluding hydrogens is 284 g/mol. The summed E-state index contributed by atoms with van der Waals surface area (Å²) in [4.78, 5) is 2.23. The maximum absolute atomic E-state index is 5.99. The number of halogens is 1. The van der Waals surface area contributed by atoms with Crippen LogP contribution in [0.25, 0.3) is 0 Å². The number of fused-ring (bicyclic) bond motifs is 1. The highest BCUT2D eigenvalue weighted by Gasteiger charge is 2.29. The van der Waals surface area contributed by atoms with Crippen LogP contribution in [0.4, 0.5) is 11.4 Å². The number of hydrogen-bond acceptors (Lipinski definition) is 3. The van der Waals surface area contributed by atoms with E-state index in [2.05, 4.69) is 34.5 Å². The van der Waals surface area contributed by atoms with Crippen LogP contribution < -0.4 is 10.2 Å². The van der Waals surface area contributed by atoms with E-state index in [1.54, 1.807) is 0 Å². The van der Waals surface area contributed by atoms with Gasteiger partial charge >= 0.3 is 0 Å². The van der Waals surface area contributed by atoms with Crippen molar-refractivity contribution in [1.82, 2.24) is 0 Å². The molecule has 0 amide bonds. The number of nitrogens with one attached hydrogen (secondary N) is 1. The summed E-state index contributed by atoms with van der Waals surface area (Å²) in [6, 6.07) is 16.2. The Morgan fingerprint density at radius 1 is 1.14 bits per heavy atom. The zero-order valence-corrected chi connectivity index (χ0v) is 13.0. The molecule has 2 aromatic carbocycles. The van der Waals surface area contributed by atoms with Gasteiger partial charge in [0.15, 0.2) is 0 Å². The molecule has 1 aliphatic heterocycles. The van der Waals surface area contributed by atoms with Crippen LogP contribution in [0.1, 0.15) is 19.4 Å². The second-order valence-corrected chi connectivity index (χ2v) is 5.89. The zero-order valence-electron chi connectivity index (χ0n) is 12.2. The maximum atomic E-state index is 5.99. The van der Waals surface area contributed by atoms with Gasteiger partial charge in [0.05, 0.1) is 17.5 Å². The van der Waals surface area contributed by atoms with E-state index in [0.717, 1.165) is 22.9 Å². The maximum Gasteiger partial charge on any atom is 0.208 e.